The molecule has 116 valence electrons. The molecule has 3 heterocycles. The van der Waals surface area contributed by atoms with Crippen LogP contribution in [0.15, 0.2) is 36.0 Å². The van der Waals surface area contributed by atoms with Gasteiger partial charge >= 0.3 is 6.03 Å². The Balaban J connectivity index is 1.72. The predicted molar refractivity (Wildman–Crippen MR) is 88.9 cm³/mol. The number of amides is 2. The number of fused-ring (bicyclic) bond motifs is 1. The summed E-state index contributed by atoms with van der Waals surface area (Å²) in [5.41, 5.74) is 2.35. The van der Waals surface area contributed by atoms with Gasteiger partial charge in [0.05, 0.1) is 12.1 Å². The number of hydrogen-bond donors (Lipinski definition) is 1. The number of rotatable bonds is 3. The van der Waals surface area contributed by atoms with Crippen molar-refractivity contribution in [1.82, 2.24) is 15.2 Å². The lowest BCUT2D eigenvalue weighted by Crippen LogP contribution is -2.45. The minimum Gasteiger partial charge on any atom is -0.331 e. The maximum absolute atomic E-state index is 12.7. The van der Waals surface area contributed by atoms with Gasteiger partial charge in [-0.2, -0.15) is 0 Å². The largest absolute Gasteiger partial charge is 0.331 e. The van der Waals surface area contributed by atoms with Gasteiger partial charge in [-0.1, -0.05) is 13.0 Å². The van der Waals surface area contributed by atoms with Crippen LogP contribution >= 0.6 is 11.3 Å². The summed E-state index contributed by atoms with van der Waals surface area (Å²) in [6.45, 7) is 4.93. The molecule has 4 nitrogen and oxygen atoms in total. The molecule has 0 aromatic carbocycles. The number of urea groups is 1. The smallest absolute Gasteiger partial charge is 0.318 e. The SMILES string of the molecule is CCC1c2ccsc2CCN1C(=O)NC(C)c1cccnc1. The van der Waals surface area contributed by atoms with E-state index in [2.05, 4.69) is 28.7 Å². The molecule has 5 heteroatoms. The van der Waals surface area contributed by atoms with Crippen molar-refractivity contribution < 1.29 is 4.79 Å². The lowest BCUT2D eigenvalue weighted by Gasteiger charge is -2.36. The minimum absolute atomic E-state index is 0.0139. The zero-order valence-corrected chi connectivity index (χ0v) is 13.8. The Labute approximate surface area is 135 Å². The first-order valence-electron chi connectivity index (χ1n) is 7.74. The highest BCUT2D eigenvalue weighted by molar-refractivity contribution is 7.10. The summed E-state index contributed by atoms with van der Waals surface area (Å²) in [5, 5.41) is 5.24. The number of pyridine rings is 1. The fourth-order valence-electron chi connectivity index (χ4n) is 3.06. The van der Waals surface area contributed by atoms with Crippen molar-refractivity contribution in [2.24, 2.45) is 0 Å². The van der Waals surface area contributed by atoms with Crippen LogP contribution in [0.4, 0.5) is 4.79 Å². The fourth-order valence-corrected chi connectivity index (χ4v) is 3.99. The second-order valence-electron chi connectivity index (χ2n) is 5.62. The van der Waals surface area contributed by atoms with Crippen LogP contribution in [0.3, 0.4) is 0 Å². The van der Waals surface area contributed by atoms with Crippen molar-refractivity contribution in [3.8, 4) is 0 Å². The molecular weight excluding hydrogens is 294 g/mol. The highest BCUT2D eigenvalue weighted by Gasteiger charge is 2.30. The number of carbonyl (C=O) groups is 1. The van der Waals surface area contributed by atoms with E-state index in [0.29, 0.717) is 0 Å². The zero-order valence-electron chi connectivity index (χ0n) is 13.0. The van der Waals surface area contributed by atoms with Gasteiger partial charge < -0.3 is 10.2 Å². The highest BCUT2D eigenvalue weighted by atomic mass is 32.1. The number of nitrogens with one attached hydrogen (secondary N) is 1. The monoisotopic (exact) mass is 315 g/mol. The molecule has 22 heavy (non-hydrogen) atoms. The molecule has 0 aliphatic carbocycles. The summed E-state index contributed by atoms with van der Waals surface area (Å²) in [7, 11) is 0. The number of nitrogens with zero attached hydrogens (tertiary/aromatic N) is 2. The third-order valence-electron chi connectivity index (χ3n) is 4.27. The first kappa shape index (κ1) is 15.0. The molecule has 0 fully saturated rings. The molecule has 2 atom stereocenters. The van der Waals surface area contributed by atoms with Crippen LogP contribution in [0.2, 0.25) is 0 Å². The number of thiophene rings is 1. The summed E-state index contributed by atoms with van der Waals surface area (Å²) < 4.78 is 0. The first-order valence-corrected chi connectivity index (χ1v) is 8.62. The van der Waals surface area contributed by atoms with Gasteiger partial charge in [-0.3, -0.25) is 4.98 Å². The van der Waals surface area contributed by atoms with E-state index in [-0.39, 0.29) is 18.1 Å². The van der Waals surface area contributed by atoms with Gasteiger partial charge in [-0.15, -0.1) is 11.3 Å². The van der Waals surface area contributed by atoms with Crippen LogP contribution in [-0.4, -0.2) is 22.5 Å². The van der Waals surface area contributed by atoms with Gasteiger partial charge in [0, 0.05) is 23.8 Å². The molecule has 2 aromatic heterocycles. The van der Waals surface area contributed by atoms with Gasteiger partial charge in [-0.25, -0.2) is 4.79 Å². The Hall–Kier alpha value is -1.88. The van der Waals surface area contributed by atoms with Gasteiger partial charge in [0.15, 0.2) is 0 Å². The van der Waals surface area contributed by atoms with Crippen molar-refractivity contribution in [2.75, 3.05) is 6.54 Å². The topological polar surface area (TPSA) is 45.2 Å². The summed E-state index contributed by atoms with van der Waals surface area (Å²) in [6.07, 6.45) is 5.44. The average molecular weight is 315 g/mol. The maximum Gasteiger partial charge on any atom is 0.318 e. The molecular formula is C17H21N3OS. The van der Waals surface area contributed by atoms with E-state index in [9.17, 15) is 4.79 Å². The van der Waals surface area contributed by atoms with E-state index in [1.165, 1.54) is 10.4 Å². The third kappa shape index (κ3) is 2.86. The fraction of sp³-hybridized carbons (Fsp3) is 0.412. The molecule has 0 spiro atoms. The van der Waals surface area contributed by atoms with E-state index in [1.54, 1.807) is 23.7 Å². The molecule has 2 amide bonds. The standard InChI is InChI=1S/C17H21N3OS/c1-3-15-14-7-10-22-16(14)6-9-20(15)17(21)19-12(2)13-5-4-8-18-11-13/h4-5,7-8,10-12,15H,3,6,9H2,1-2H3,(H,19,21). The Morgan fingerprint density at radius 3 is 3.14 bits per heavy atom. The molecule has 2 unspecified atom stereocenters. The van der Waals surface area contributed by atoms with Gasteiger partial charge in [0.1, 0.15) is 0 Å². The third-order valence-corrected chi connectivity index (χ3v) is 5.26. The average Bonchev–Trinajstić information content (AvgIpc) is 3.03. The second-order valence-corrected chi connectivity index (χ2v) is 6.62. The van der Waals surface area contributed by atoms with Gasteiger partial charge in [0.25, 0.3) is 0 Å². The van der Waals surface area contributed by atoms with Crippen LogP contribution in [0, 0.1) is 0 Å². The Bertz CT molecular complexity index is 640. The normalized spacial score (nSPS) is 18.6. The highest BCUT2D eigenvalue weighted by Crippen LogP contribution is 2.35. The van der Waals surface area contributed by atoms with Crippen molar-refractivity contribution >= 4 is 17.4 Å². The summed E-state index contributed by atoms with van der Waals surface area (Å²) in [6, 6.07) is 6.21. The van der Waals surface area contributed by atoms with Crippen molar-refractivity contribution in [2.45, 2.75) is 38.8 Å². The molecule has 0 saturated carbocycles. The molecule has 3 rings (SSSR count). The number of carbonyl (C=O) groups excluding carboxylic acids is 1. The Kier molecular flexibility index (Phi) is 4.43. The summed E-state index contributed by atoms with van der Waals surface area (Å²) in [5.74, 6) is 0. The summed E-state index contributed by atoms with van der Waals surface area (Å²) >= 11 is 1.80. The second kappa shape index (κ2) is 6.48. The van der Waals surface area contributed by atoms with E-state index in [4.69, 9.17) is 0 Å². The van der Waals surface area contributed by atoms with Crippen LogP contribution < -0.4 is 5.32 Å². The van der Waals surface area contributed by atoms with Crippen molar-refractivity contribution in [1.29, 1.82) is 0 Å². The quantitative estimate of drug-likeness (QED) is 0.933. The van der Waals surface area contributed by atoms with Crippen LogP contribution in [-0.2, 0) is 6.42 Å². The summed E-state index contributed by atoms with van der Waals surface area (Å²) in [4.78, 5) is 20.2. The molecule has 0 saturated heterocycles. The Morgan fingerprint density at radius 2 is 2.41 bits per heavy atom. The molecule has 0 radical (unpaired) electrons. The van der Waals surface area contributed by atoms with E-state index < -0.39 is 0 Å². The van der Waals surface area contributed by atoms with Crippen LogP contribution in [0.25, 0.3) is 0 Å². The zero-order chi connectivity index (χ0) is 15.5. The maximum atomic E-state index is 12.7. The molecule has 1 N–H and O–H groups in total. The van der Waals surface area contributed by atoms with Crippen molar-refractivity contribution in [3.05, 3.63) is 52.0 Å². The lowest BCUT2D eigenvalue weighted by atomic mass is 9.98. The van der Waals surface area contributed by atoms with Gasteiger partial charge in [0.2, 0.25) is 0 Å². The molecule has 1 aliphatic heterocycles. The minimum atomic E-state index is -0.0393. The lowest BCUT2D eigenvalue weighted by molar-refractivity contribution is 0.165. The Morgan fingerprint density at radius 1 is 1.55 bits per heavy atom. The number of aromatic nitrogens is 1. The van der Waals surface area contributed by atoms with Crippen molar-refractivity contribution in [3.63, 3.8) is 0 Å². The molecule has 2 aromatic rings. The van der Waals surface area contributed by atoms with E-state index in [0.717, 1.165) is 24.9 Å². The van der Waals surface area contributed by atoms with Crippen LogP contribution in [0.1, 0.15) is 48.4 Å². The van der Waals surface area contributed by atoms with Gasteiger partial charge in [-0.05, 0) is 48.4 Å². The number of hydrogen-bond acceptors (Lipinski definition) is 3. The van der Waals surface area contributed by atoms with E-state index >= 15 is 0 Å². The predicted octanol–water partition coefficient (Wildman–Crippen LogP) is 3.92. The van der Waals surface area contributed by atoms with Crippen LogP contribution in [0.5, 0.6) is 0 Å². The molecule has 0 bridgehead atoms. The first-order chi connectivity index (χ1) is 10.7. The van der Waals surface area contributed by atoms with E-state index in [1.807, 2.05) is 24.0 Å². The molecule has 1 aliphatic rings.